The topological polar surface area (TPSA) is 160 Å². The Hall–Kier alpha value is -5.56. The van der Waals surface area contributed by atoms with Crippen LogP contribution in [0.3, 0.4) is 0 Å². The van der Waals surface area contributed by atoms with Crippen LogP contribution in [0.1, 0.15) is 118 Å². The van der Waals surface area contributed by atoms with Gasteiger partial charge in [0.15, 0.2) is 12.2 Å². The lowest BCUT2D eigenvalue weighted by atomic mass is 9.84. The van der Waals surface area contributed by atoms with Crippen molar-refractivity contribution in [1.29, 1.82) is 0 Å². The summed E-state index contributed by atoms with van der Waals surface area (Å²) in [4.78, 5) is 25.7. The smallest absolute Gasteiger partial charge is 0.418 e. The maximum Gasteiger partial charge on any atom is 0.418 e. The van der Waals surface area contributed by atoms with Gasteiger partial charge in [-0.2, -0.15) is 26.3 Å². The molecule has 0 saturated carbocycles. The summed E-state index contributed by atoms with van der Waals surface area (Å²) in [5.74, 6) is -0.498. The first-order chi connectivity index (χ1) is 30.7. The number of fused-ring (bicyclic) bond motifs is 2. The molecule has 0 saturated heterocycles. The lowest BCUT2D eigenvalue weighted by molar-refractivity contribution is -0.207. The average molecular weight is 949 g/mol. The molecule has 2 aliphatic rings. The van der Waals surface area contributed by atoms with Crippen molar-refractivity contribution in [3.63, 3.8) is 0 Å². The van der Waals surface area contributed by atoms with E-state index in [0.717, 1.165) is 22.3 Å². The van der Waals surface area contributed by atoms with Crippen LogP contribution in [0.2, 0.25) is 0 Å². The Morgan fingerprint density at radius 1 is 0.582 bits per heavy atom. The number of urea groups is 2. The van der Waals surface area contributed by atoms with Gasteiger partial charge in [-0.1, -0.05) is 97.5 Å². The summed E-state index contributed by atoms with van der Waals surface area (Å²) in [7, 11) is 5.49. The third kappa shape index (κ3) is 12.5. The van der Waals surface area contributed by atoms with Gasteiger partial charge < -0.3 is 50.4 Å². The molecule has 4 aromatic rings. The van der Waals surface area contributed by atoms with Gasteiger partial charge in [-0.05, 0) is 81.3 Å². The molecule has 0 radical (unpaired) electrons. The predicted octanol–water partition coefficient (Wildman–Crippen LogP) is 10.7. The van der Waals surface area contributed by atoms with E-state index in [1.165, 1.54) is 26.4 Å². The molecule has 67 heavy (non-hydrogen) atoms. The number of nitrogens with one attached hydrogen (secondary N) is 4. The lowest BCUT2D eigenvalue weighted by Gasteiger charge is -2.26. The number of benzene rings is 4. The SMILES string of the molecule is C.COc1c(NC(=O)N[C@@H]2Cc3ccccc3[C@@H]2OC)cc(C(C)(C)C)cc1[C@@H](O)C(F)(F)F.COc1c(NC(=O)N[C@H]2Cc3ccccc3[C@H]2OC)cc(C(C)(C)C)cc1[C@@H](O)C(F)(F)F. The highest BCUT2D eigenvalue weighted by molar-refractivity contribution is 5.93. The number of carbonyl (C=O) groups excluding carboxylic acids is 2. The van der Waals surface area contributed by atoms with Crippen molar-refractivity contribution in [2.75, 3.05) is 39.1 Å². The zero-order valence-electron chi connectivity index (χ0n) is 38.4. The van der Waals surface area contributed by atoms with Crippen molar-refractivity contribution in [1.82, 2.24) is 10.6 Å². The standard InChI is InChI=1S/2C24H29F3N2O4.CH4/c2*1-23(2,3)14-11-16(21(30)24(25,26)27)20(33-5)18(12-14)29-22(31)28-17-10-13-8-6-7-9-15(13)19(17)32-4;/h2*6-9,11-12,17,19,21,30H,10H2,1-5H3,(H2,28,29,31);1H4/t17-,19+,21+;17-,19+,21-;/m01./s1. The van der Waals surface area contributed by atoms with E-state index in [-0.39, 0.29) is 54.6 Å². The van der Waals surface area contributed by atoms with Crippen molar-refractivity contribution in [3.05, 3.63) is 117 Å². The third-order valence-electron chi connectivity index (χ3n) is 11.6. The van der Waals surface area contributed by atoms with Crippen molar-refractivity contribution < 1.29 is 65.1 Å². The average Bonchev–Trinajstić information content (AvgIpc) is 3.77. The molecule has 0 aliphatic heterocycles. The summed E-state index contributed by atoms with van der Waals surface area (Å²) >= 11 is 0. The first-order valence-corrected chi connectivity index (χ1v) is 21.0. The molecular formula is C49H62F6N4O8. The van der Waals surface area contributed by atoms with E-state index < -0.39 is 58.6 Å². The van der Waals surface area contributed by atoms with Gasteiger partial charge in [0.1, 0.15) is 23.7 Å². The van der Waals surface area contributed by atoms with Gasteiger partial charge >= 0.3 is 24.4 Å². The monoisotopic (exact) mass is 948 g/mol. The van der Waals surface area contributed by atoms with E-state index in [1.54, 1.807) is 26.4 Å². The Labute approximate surface area is 387 Å². The summed E-state index contributed by atoms with van der Waals surface area (Å²) < 4.78 is 102. The van der Waals surface area contributed by atoms with Crippen LogP contribution in [0, 0.1) is 0 Å². The van der Waals surface area contributed by atoms with E-state index in [9.17, 15) is 46.1 Å². The molecule has 12 nitrogen and oxygen atoms in total. The molecule has 6 atom stereocenters. The number of alkyl halides is 6. The second kappa shape index (κ2) is 21.2. The number of halogens is 6. The van der Waals surface area contributed by atoms with Crippen molar-refractivity contribution in [2.24, 2.45) is 0 Å². The van der Waals surface area contributed by atoms with Crippen LogP contribution in [0.5, 0.6) is 11.5 Å². The fourth-order valence-corrected chi connectivity index (χ4v) is 8.17. The van der Waals surface area contributed by atoms with Gasteiger partial charge in [-0.3, -0.25) is 0 Å². The molecule has 18 heteroatoms. The molecule has 4 amide bonds. The molecule has 0 aromatic heterocycles. The first kappa shape index (κ1) is 54.0. The van der Waals surface area contributed by atoms with E-state index in [0.29, 0.717) is 24.0 Å². The minimum atomic E-state index is -4.90. The predicted molar refractivity (Wildman–Crippen MR) is 244 cm³/mol. The van der Waals surface area contributed by atoms with E-state index in [2.05, 4.69) is 21.3 Å². The van der Waals surface area contributed by atoms with Gasteiger partial charge in [-0.15, -0.1) is 0 Å². The highest BCUT2D eigenvalue weighted by Crippen LogP contribution is 2.45. The maximum absolute atomic E-state index is 13.3. The minimum absolute atomic E-state index is 0. The van der Waals surface area contributed by atoms with Crippen LogP contribution in [0.4, 0.5) is 47.3 Å². The Kier molecular flexibility index (Phi) is 17.1. The number of ether oxygens (including phenoxy) is 4. The number of rotatable bonds is 10. The van der Waals surface area contributed by atoms with Crippen LogP contribution in [0.15, 0.2) is 72.8 Å². The van der Waals surface area contributed by atoms with Gasteiger partial charge in [0.25, 0.3) is 0 Å². The second-order valence-corrected chi connectivity index (χ2v) is 18.2. The second-order valence-electron chi connectivity index (χ2n) is 18.2. The number of aliphatic hydroxyl groups is 2. The van der Waals surface area contributed by atoms with Crippen LogP contribution >= 0.6 is 0 Å². The molecule has 2 aliphatic carbocycles. The number of anilines is 2. The number of carbonyl (C=O) groups is 2. The zero-order valence-corrected chi connectivity index (χ0v) is 38.4. The van der Waals surface area contributed by atoms with Crippen molar-refractivity contribution in [2.45, 2.75) is 121 Å². The zero-order chi connectivity index (χ0) is 49.1. The van der Waals surface area contributed by atoms with E-state index >= 15 is 0 Å². The molecule has 6 N–H and O–H groups in total. The highest BCUT2D eigenvalue weighted by Gasteiger charge is 2.44. The fraction of sp³-hybridized carbons (Fsp3) is 0.469. The summed E-state index contributed by atoms with van der Waals surface area (Å²) in [6.07, 6.45) is -14.9. The molecule has 0 unspecified atom stereocenters. The number of methoxy groups -OCH3 is 4. The highest BCUT2D eigenvalue weighted by atomic mass is 19.4. The summed E-state index contributed by atoms with van der Waals surface area (Å²) in [6.45, 7) is 10.9. The first-order valence-electron chi connectivity index (χ1n) is 21.0. The molecule has 4 aromatic carbocycles. The Morgan fingerprint density at radius 3 is 1.19 bits per heavy atom. The third-order valence-corrected chi connectivity index (χ3v) is 11.6. The summed E-state index contributed by atoms with van der Waals surface area (Å²) in [5.41, 5.74) is 3.11. The molecular weight excluding hydrogens is 887 g/mol. The van der Waals surface area contributed by atoms with Crippen molar-refractivity contribution >= 4 is 23.4 Å². The van der Waals surface area contributed by atoms with Crippen LogP contribution < -0.4 is 30.7 Å². The van der Waals surface area contributed by atoms with Gasteiger partial charge in [0, 0.05) is 25.3 Å². The van der Waals surface area contributed by atoms with Crippen molar-refractivity contribution in [3.8, 4) is 11.5 Å². The number of hydrogen-bond donors (Lipinski definition) is 6. The number of aliphatic hydroxyl groups excluding tert-OH is 2. The summed E-state index contributed by atoms with van der Waals surface area (Å²) in [6, 6.07) is 19.1. The Morgan fingerprint density at radius 2 is 0.910 bits per heavy atom. The fourth-order valence-electron chi connectivity index (χ4n) is 8.17. The number of amides is 4. The quantitative estimate of drug-likeness (QED) is 0.0857. The summed E-state index contributed by atoms with van der Waals surface area (Å²) in [5, 5.41) is 30.8. The molecule has 368 valence electrons. The Balaban J connectivity index is 0.000000288. The van der Waals surface area contributed by atoms with Crippen LogP contribution in [-0.4, -0.2) is 75.2 Å². The lowest BCUT2D eigenvalue weighted by Crippen LogP contribution is -2.41. The minimum Gasteiger partial charge on any atom is -0.494 e. The van der Waals surface area contributed by atoms with E-state index in [1.807, 2.05) is 90.1 Å². The van der Waals surface area contributed by atoms with Gasteiger partial charge in [-0.25, -0.2) is 9.59 Å². The van der Waals surface area contributed by atoms with Gasteiger partial charge in [0.2, 0.25) is 0 Å². The molecule has 6 rings (SSSR count). The molecule has 0 spiro atoms. The largest absolute Gasteiger partial charge is 0.494 e. The van der Waals surface area contributed by atoms with Crippen LogP contribution in [-0.2, 0) is 33.1 Å². The van der Waals surface area contributed by atoms with Crippen LogP contribution in [0.25, 0.3) is 0 Å². The Bertz CT molecular complexity index is 2200. The normalized spacial score (nSPS) is 18.8. The molecule has 0 heterocycles. The van der Waals surface area contributed by atoms with Gasteiger partial charge in [0.05, 0.1) is 37.7 Å². The van der Waals surface area contributed by atoms with E-state index in [4.69, 9.17) is 18.9 Å². The number of hydrogen-bond acceptors (Lipinski definition) is 8. The maximum atomic E-state index is 13.3. The molecule has 0 bridgehead atoms. The molecule has 0 fully saturated rings.